The number of aromatic nitrogens is 4. The molecule has 0 saturated heterocycles. The van der Waals surface area contributed by atoms with E-state index in [1.54, 1.807) is 0 Å². The van der Waals surface area contributed by atoms with Crippen molar-refractivity contribution in [2.45, 2.75) is 0 Å². The zero-order chi connectivity index (χ0) is 41.0. The van der Waals surface area contributed by atoms with Crippen molar-refractivity contribution in [1.29, 1.82) is 0 Å². The largest absolute Gasteiger partial charge is 0.456 e. The Hall–Kier alpha value is -8.41. The number of para-hydroxylation sites is 2. The minimum Gasteiger partial charge on any atom is -0.456 e. The van der Waals surface area contributed by atoms with Crippen molar-refractivity contribution < 1.29 is 4.42 Å². The van der Waals surface area contributed by atoms with E-state index < -0.39 is 0 Å². The average molecular weight is 793 g/mol. The summed E-state index contributed by atoms with van der Waals surface area (Å²) in [5.41, 5.74) is 9.99. The Morgan fingerprint density at radius 2 is 0.774 bits per heavy atom. The fraction of sp³-hybridized carbons (Fsp3) is 0. The molecule has 5 nitrogen and oxygen atoms in total. The molecule has 3 heterocycles. The van der Waals surface area contributed by atoms with Gasteiger partial charge in [0, 0.05) is 49.3 Å². The Morgan fingerprint density at radius 1 is 0.290 bits per heavy atom. The SMILES string of the molecule is c1ccc(-c2ccc3oc4ccccc4c4ccccc4c4c(ccc5c4c4ccccc4n5-c4ccc(-c5nc(-c6ccccc6)nc(-c6ccccc6)n5)cc4)c3c2)cc1. The first-order valence-electron chi connectivity index (χ1n) is 20.9. The van der Waals surface area contributed by atoms with Gasteiger partial charge in [-0.25, -0.2) is 15.0 Å². The van der Waals surface area contributed by atoms with Crippen LogP contribution in [0.1, 0.15) is 0 Å². The zero-order valence-corrected chi connectivity index (χ0v) is 33.5. The predicted octanol–water partition coefficient (Wildman–Crippen LogP) is 15.0. The molecule has 12 aromatic rings. The fourth-order valence-electron chi connectivity index (χ4n) is 9.01. The summed E-state index contributed by atoms with van der Waals surface area (Å²) in [6, 6.07) is 76.4. The topological polar surface area (TPSA) is 56.7 Å². The Kier molecular flexibility index (Phi) is 8.42. The van der Waals surface area contributed by atoms with Gasteiger partial charge in [-0.2, -0.15) is 0 Å². The van der Waals surface area contributed by atoms with Crippen LogP contribution in [0.2, 0.25) is 0 Å². The number of benzene rings is 9. The molecule has 0 saturated carbocycles. The van der Waals surface area contributed by atoms with Crippen molar-refractivity contribution in [3.05, 3.63) is 218 Å². The van der Waals surface area contributed by atoms with Crippen molar-refractivity contribution in [2.75, 3.05) is 0 Å². The smallest absolute Gasteiger partial charge is 0.164 e. The molecule has 0 fully saturated rings. The lowest BCUT2D eigenvalue weighted by Gasteiger charge is -2.11. The van der Waals surface area contributed by atoms with Gasteiger partial charge in [0.25, 0.3) is 0 Å². The molecule has 0 aliphatic rings. The quantitative estimate of drug-likeness (QED) is 0.174. The highest BCUT2D eigenvalue weighted by Crippen LogP contribution is 2.42. The second-order valence-electron chi connectivity index (χ2n) is 15.5. The van der Waals surface area contributed by atoms with Gasteiger partial charge in [-0.3, -0.25) is 0 Å². The summed E-state index contributed by atoms with van der Waals surface area (Å²) in [5.74, 6) is 1.90. The predicted molar refractivity (Wildman–Crippen MR) is 256 cm³/mol. The molecule has 0 spiro atoms. The van der Waals surface area contributed by atoms with Crippen LogP contribution in [-0.4, -0.2) is 19.5 Å². The van der Waals surface area contributed by atoms with Crippen LogP contribution in [0.5, 0.6) is 0 Å². The van der Waals surface area contributed by atoms with Crippen molar-refractivity contribution in [3.8, 4) is 51.0 Å². The molecule has 0 unspecified atom stereocenters. The molecule has 0 aliphatic heterocycles. The second-order valence-corrected chi connectivity index (χ2v) is 15.5. The average Bonchev–Trinajstić information content (AvgIpc) is 3.71. The summed E-state index contributed by atoms with van der Waals surface area (Å²) in [7, 11) is 0. The third-order valence-electron chi connectivity index (χ3n) is 11.9. The zero-order valence-electron chi connectivity index (χ0n) is 33.5. The van der Waals surface area contributed by atoms with Crippen LogP contribution in [0.15, 0.2) is 223 Å². The molecule has 0 N–H and O–H groups in total. The molecule has 62 heavy (non-hydrogen) atoms. The maximum Gasteiger partial charge on any atom is 0.164 e. The minimum absolute atomic E-state index is 0.622. The van der Waals surface area contributed by atoms with Crippen LogP contribution in [0, 0.1) is 0 Å². The maximum atomic E-state index is 6.93. The summed E-state index contributed by atoms with van der Waals surface area (Å²) in [6.07, 6.45) is 0. The van der Waals surface area contributed by atoms with Crippen LogP contribution < -0.4 is 0 Å². The van der Waals surface area contributed by atoms with E-state index in [0.29, 0.717) is 17.5 Å². The van der Waals surface area contributed by atoms with Gasteiger partial charge in [0.2, 0.25) is 0 Å². The Balaban J connectivity index is 1.13. The first-order valence-corrected chi connectivity index (χ1v) is 20.9. The number of hydrogen-bond acceptors (Lipinski definition) is 4. The molecule has 0 amide bonds. The highest BCUT2D eigenvalue weighted by molar-refractivity contribution is 6.32. The van der Waals surface area contributed by atoms with Gasteiger partial charge in [-0.15, -0.1) is 0 Å². The Bertz CT molecular complexity index is 3670. The van der Waals surface area contributed by atoms with E-state index in [4.69, 9.17) is 19.4 Å². The molecule has 9 aromatic carbocycles. The van der Waals surface area contributed by atoms with Gasteiger partial charge >= 0.3 is 0 Å². The van der Waals surface area contributed by atoms with E-state index in [9.17, 15) is 0 Å². The van der Waals surface area contributed by atoms with Crippen LogP contribution >= 0.6 is 0 Å². The van der Waals surface area contributed by atoms with Gasteiger partial charge in [0.15, 0.2) is 17.5 Å². The third kappa shape index (κ3) is 5.98. The van der Waals surface area contributed by atoms with Crippen LogP contribution in [0.25, 0.3) is 116 Å². The number of nitrogens with zero attached hydrogens (tertiary/aromatic N) is 4. The molecule has 0 radical (unpaired) electrons. The van der Waals surface area contributed by atoms with Crippen molar-refractivity contribution >= 4 is 65.3 Å². The summed E-state index contributed by atoms with van der Waals surface area (Å²) in [6.45, 7) is 0. The van der Waals surface area contributed by atoms with E-state index in [1.807, 2.05) is 66.7 Å². The number of fused-ring (bicyclic) bond motifs is 11. The molecule has 3 aromatic heterocycles. The van der Waals surface area contributed by atoms with E-state index in [-0.39, 0.29) is 0 Å². The van der Waals surface area contributed by atoms with Crippen molar-refractivity contribution in [2.24, 2.45) is 0 Å². The molecular weight excluding hydrogens is 757 g/mol. The number of rotatable bonds is 5. The standard InChI is InChI=1S/C57H36N4O/c1-4-16-37(17-5-1)41-30-35-52-48(36-41)46-33-34-50-54(53(46)45-24-11-10-22-43(45)44-23-13-15-27-51(44)62-52)47-25-12-14-26-49(47)61(50)42-31-28-40(29-32-42)57-59-55(38-18-6-2-7-19-38)58-56(60-57)39-20-8-3-9-21-39/h1-36H. The second kappa shape index (κ2) is 14.7. The molecule has 0 aliphatic carbocycles. The molecule has 0 bridgehead atoms. The summed E-state index contributed by atoms with van der Waals surface area (Å²) >= 11 is 0. The van der Waals surface area contributed by atoms with Gasteiger partial charge in [0.1, 0.15) is 11.2 Å². The lowest BCUT2D eigenvalue weighted by Crippen LogP contribution is -2.00. The molecule has 12 rings (SSSR count). The van der Waals surface area contributed by atoms with Gasteiger partial charge < -0.3 is 8.98 Å². The maximum absolute atomic E-state index is 6.93. The Morgan fingerprint density at radius 3 is 1.44 bits per heavy atom. The van der Waals surface area contributed by atoms with Gasteiger partial charge in [-0.1, -0.05) is 164 Å². The van der Waals surface area contributed by atoms with Crippen LogP contribution in [0.3, 0.4) is 0 Å². The van der Waals surface area contributed by atoms with E-state index >= 15 is 0 Å². The molecule has 0 atom stereocenters. The van der Waals surface area contributed by atoms with Crippen molar-refractivity contribution in [1.82, 2.24) is 19.5 Å². The van der Waals surface area contributed by atoms with Gasteiger partial charge in [0.05, 0.1) is 11.0 Å². The molecule has 5 heteroatoms. The first-order chi connectivity index (χ1) is 30.7. The first kappa shape index (κ1) is 35.5. The third-order valence-corrected chi connectivity index (χ3v) is 11.9. The Labute approximate surface area is 357 Å². The normalized spacial score (nSPS) is 11.5. The van der Waals surface area contributed by atoms with E-state index in [0.717, 1.165) is 82.6 Å². The minimum atomic E-state index is 0.622. The van der Waals surface area contributed by atoms with E-state index in [1.165, 1.54) is 16.2 Å². The lowest BCUT2D eigenvalue weighted by atomic mass is 9.96. The van der Waals surface area contributed by atoms with Crippen molar-refractivity contribution in [3.63, 3.8) is 0 Å². The highest BCUT2D eigenvalue weighted by atomic mass is 16.3. The molecular formula is C57H36N4O. The van der Waals surface area contributed by atoms with E-state index in [2.05, 4.69) is 156 Å². The molecule has 290 valence electrons. The van der Waals surface area contributed by atoms with Gasteiger partial charge in [-0.05, 0) is 81.9 Å². The summed E-state index contributed by atoms with van der Waals surface area (Å²) in [4.78, 5) is 14.9. The van der Waals surface area contributed by atoms with Crippen LogP contribution in [-0.2, 0) is 0 Å². The lowest BCUT2D eigenvalue weighted by molar-refractivity contribution is 0.663. The summed E-state index contributed by atoms with van der Waals surface area (Å²) in [5, 5.41) is 9.00. The summed E-state index contributed by atoms with van der Waals surface area (Å²) < 4.78 is 9.32. The fourth-order valence-corrected chi connectivity index (χ4v) is 9.01. The monoisotopic (exact) mass is 792 g/mol. The number of hydrogen-bond donors (Lipinski definition) is 0. The highest BCUT2D eigenvalue weighted by Gasteiger charge is 2.19. The van der Waals surface area contributed by atoms with Crippen LogP contribution in [0.4, 0.5) is 0 Å².